The number of pyridine rings is 1. The summed E-state index contributed by atoms with van der Waals surface area (Å²) in [5, 5.41) is 10.5. The number of nitrogens with zero attached hydrogens (tertiary/aromatic N) is 2. The second-order valence-electron chi connectivity index (χ2n) is 9.99. The molecule has 3 heterocycles. The van der Waals surface area contributed by atoms with Crippen LogP contribution in [0.1, 0.15) is 29.7 Å². The van der Waals surface area contributed by atoms with Crippen LogP contribution in [0.2, 0.25) is 0 Å². The Balaban J connectivity index is 1.27. The van der Waals surface area contributed by atoms with Crippen molar-refractivity contribution in [3.8, 4) is 11.5 Å². The van der Waals surface area contributed by atoms with Gasteiger partial charge in [-0.2, -0.15) is 0 Å². The molecule has 1 fully saturated rings. The van der Waals surface area contributed by atoms with Crippen LogP contribution in [0.4, 0.5) is 21.9 Å². The van der Waals surface area contributed by atoms with Crippen LogP contribution in [0.5, 0.6) is 11.5 Å². The highest BCUT2D eigenvalue weighted by Crippen LogP contribution is 2.48. The maximum absolute atomic E-state index is 13.6. The first-order valence-electron chi connectivity index (χ1n) is 13.2. The minimum atomic E-state index is -0.250. The lowest BCUT2D eigenvalue weighted by atomic mass is 10.1. The third kappa shape index (κ3) is 4.80. The fourth-order valence-electron chi connectivity index (χ4n) is 5.42. The molecule has 1 unspecified atom stereocenters. The Hall–Kier alpha value is -4.63. The zero-order chi connectivity index (χ0) is 27.8. The molecule has 3 amide bonds. The number of amides is 3. The van der Waals surface area contributed by atoms with Gasteiger partial charge in [0.25, 0.3) is 0 Å². The van der Waals surface area contributed by atoms with E-state index in [0.29, 0.717) is 5.75 Å². The van der Waals surface area contributed by atoms with Crippen LogP contribution in [0.25, 0.3) is 15.9 Å². The van der Waals surface area contributed by atoms with Crippen LogP contribution in [0.3, 0.4) is 0 Å². The molecule has 0 radical (unpaired) electrons. The number of anilines is 3. The molecule has 3 N–H and O–H groups in total. The zero-order valence-electron chi connectivity index (χ0n) is 22.1. The number of carbonyl (C=O) groups is 2. The number of rotatable bonds is 8. The SMILES string of the molecule is C=CC(=O)NC1CC[C@H](NC(=C)c2sc3nccc4c3c2NC(=O)N4c2ccc(Oc3ccccc3)cc2C)C1. The van der Waals surface area contributed by atoms with Gasteiger partial charge < -0.3 is 20.7 Å². The molecule has 9 heteroatoms. The number of benzene rings is 2. The van der Waals surface area contributed by atoms with E-state index in [2.05, 4.69) is 34.1 Å². The van der Waals surface area contributed by atoms with E-state index in [1.807, 2.05) is 61.5 Å². The quantitative estimate of drug-likeness (QED) is 0.208. The molecule has 8 nitrogen and oxygen atoms in total. The number of aromatic nitrogens is 1. The third-order valence-electron chi connectivity index (χ3n) is 7.25. The van der Waals surface area contributed by atoms with Crippen molar-refractivity contribution < 1.29 is 14.3 Å². The summed E-state index contributed by atoms with van der Waals surface area (Å²) in [7, 11) is 0. The van der Waals surface area contributed by atoms with E-state index in [4.69, 9.17) is 4.74 Å². The van der Waals surface area contributed by atoms with Crippen LogP contribution in [0, 0.1) is 6.92 Å². The zero-order valence-corrected chi connectivity index (χ0v) is 22.9. The molecule has 0 saturated heterocycles. The van der Waals surface area contributed by atoms with Crippen molar-refractivity contribution in [2.75, 3.05) is 10.2 Å². The van der Waals surface area contributed by atoms with Crippen molar-refractivity contribution in [2.45, 2.75) is 38.3 Å². The molecule has 2 aliphatic rings. The van der Waals surface area contributed by atoms with Gasteiger partial charge in [-0.05, 0) is 74.2 Å². The third-order valence-corrected chi connectivity index (χ3v) is 8.41. The lowest BCUT2D eigenvalue weighted by molar-refractivity contribution is -0.117. The van der Waals surface area contributed by atoms with E-state index in [0.717, 1.165) is 68.4 Å². The van der Waals surface area contributed by atoms with E-state index in [-0.39, 0.29) is 24.0 Å². The van der Waals surface area contributed by atoms with Crippen LogP contribution < -0.4 is 25.6 Å². The van der Waals surface area contributed by atoms with Gasteiger partial charge in [-0.25, -0.2) is 9.78 Å². The molecule has 2 atom stereocenters. The van der Waals surface area contributed by atoms with Gasteiger partial charge in [-0.3, -0.25) is 9.69 Å². The lowest BCUT2D eigenvalue weighted by Crippen LogP contribution is -2.35. The van der Waals surface area contributed by atoms with Crippen molar-refractivity contribution in [1.82, 2.24) is 15.6 Å². The monoisotopic (exact) mass is 551 g/mol. The fourth-order valence-corrected chi connectivity index (χ4v) is 6.47. The first kappa shape index (κ1) is 25.6. The molecular weight excluding hydrogens is 522 g/mol. The maximum atomic E-state index is 13.6. The Morgan fingerprint density at radius 3 is 2.62 bits per heavy atom. The van der Waals surface area contributed by atoms with E-state index >= 15 is 0 Å². The Labute approximate surface area is 236 Å². The predicted molar refractivity (Wildman–Crippen MR) is 160 cm³/mol. The number of thiophene rings is 1. The number of hydrogen-bond donors (Lipinski definition) is 3. The number of nitrogens with one attached hydrogen (secondary N) is 3. The minimum Gasteiger partial charge on any atom is -0.457 e. The Bertz CT molecular complexity index is 1650. The molecule has 0 bridgehead atoms. The number of carbonyl (C=O) groups excluding carboxylic acids is 2. The average Bonchev–Trinajstić information content (AvgIpc) is 3.55. The highest BCUT2D eigenvalue weighted by Gasteiger charge is 2.33. The number of para-hydroxylation sites is 1. The Morgan fingerprint density at radius 2 is 1.88 bits per heavy atom. The average molecular weight is 552 g/mol. The summed E-state index contributed by atoms with van der Waals surface area (Å²) in [6.07, 6.45) is 5.62. The summed E-state index contributed by atoms with van der Waals surface area (Å²) >= 11 is 1.50. The molecule has 1 saturated carbocycles. The summed E-state index contributed by atoms with van der Waals surface area (Å²) < 4.78 is 5.99. The highest BCUT2D eigenvalue weighted by atomic mass is 32.1. The number of aryl methyl sites for hydroxylation is 1. The van der Waals surface area contributed by atoms with Gasteiger partial charge in [-0.1, -0.05) is 31.4 Å². The summed E-state index contributed by atoms with van der Waals surface area (Å²) in [5.41, 5.74) is 3.89. The molecule has 1 aliphatic heterocycles. The Kier molecular flexibility index (Phi) is 6.73. The maximum Gasteiger partial charge on any atom is 0.331 e. The second kappa shape index (κ2) is 10.5. The standard InChI is InChI=1S/C31H29N5O3S/c1-4-26(37)34-21-11-10-20(17-21)33-19(3)29-28-27-25(14-15-32-30(27)40-29)36(31(38)35-28)24-13-12-23(16-18(24)2)39-22-8-6-5-7-9-22/h4-9,12-16,20-21,33H,1,3,10-11,17H2,2H3,(H,34,37)(H,35,38)/t20-,21?/m0/s1. The summed E-state index contributed by atoms with van der Waals surface area (Å²) in [5.74, 6) is 1.29. The van der Waals surface area contributed by atoms with Gasteiger partial charge >= 0.3 is 6.03 Å². The topological polar surface area (TPSA) is 95.6 Å². The highest BCUT2D eigenvalue weighted by molar-refractivity contribution is 7.20. The van der Waals surface area contributed by atoms with Crippen molar-refractivity contribution >= 4 is 56.3 Å². The number of hydrogen-bond acceptors (Lipinski definition) is 6. The molecule has 1 aliphatic carbocycles. The number of ether oxygens (including phenoxy) is 1. The van der Waals surface area contributed by atoms with E-state index in [1.165, 1.54) is 17.4 Å². The van der Waals surface area contributed by atoms with Gasteiger partial charge in [0.15, 0.2) is 0 Å². The predicted octanol–water partition coefficient (Wildman–Crippen LogP) is 6.86. The van der Waals surface area contributed by atoms with Crippen LogP contribution >= 0.6 is 11.3 Å². The van der Waals surface area contributed by atoms with Crippen molar-refractivity contribution in [3.05, 3.63) is 90.5 Å². The van der Waals surface area contributed by atoms with Gasteiger partial charge in [0.2, 0.25) is 5.91 Å². The largest absolute Gasteiger partial charge is 0.457 e. The van der Waals surface area contributed by atoms with Crippen LogP contribution in [-0.4, -0.2) is 29.0 Å². The van der Waals surface area contributed by atoms with E-state index < -0.39 is 0 Å². The van der Waals surface area contributed by atoms with Crippen molar-refractivity contribution in [2.24, 2.45) is 0 Å². The molecule has 4 aromatic rings. The molecule has 40 heavy (non-hydrogen) atoms. The van der Waals surface area contributed by atoms with E-state index in [1.54, 1.807) is 11.1 Å². The van der Waals surface area contributed by atoms with Gasteiger partial charge in [0, 0.05) is 24.0 Å². The first-order valence-corrected chi connectivity index (χ1v) is 14.0. The summed E-state index contributed by atoms with van der Waals surface area (Å²) in [6.45, 7) is 9.79. The van der Waals surface area contributed by atoms with Crippen molar-refractivity contribution in [1.29, 1.82) is 0 Å². The first-order chi connectivity index (χ1) is 19.4. The van der Waals surface area contributed by atoms with Crippen LogP contribution in [-0.2, 0) is 4.79 Å². The molecule has 6 rings (SSSR count). The molecule has 0 spiro atoms. The molecule has 2 aromatic carbocycles. The smallest absolute Gasteiger partial charge is 0.331 e. The molecule has 202 valence electrons. The number of urea groups is 1. The van der Waals surface area contributed by atoms with Gasteiger partial charge in [0.05, 0.1) is 27.3 Å². The van der Waals surface area contributed by atoms with Crippen LogP contribution in [0.15, 0.2) is 80.0 Å². The fraction of sp³-hybridized carbons (Fsp3) is 0.194. The molecule has 2 aromatic heterocycles. The van der Waals surface area contributed by atoms with Gasteiger partial charge in [0.1, 0.15) is 16.3 Å². The minimum absolute atomic E-state index is 0.103. The van der Waals surface area contributed by atoms with Gasteiger partial charge in [-0.15, -0.1) is 11.3 Å². The summed E-state index contributed by atoms with van der Waals surface area (Å²) in [4.78, 5) is 33.2. The lowest BCUT2D eigenvalue weighted by Gasteiger charge is -2.30. The second-order valence-corrected chi connectivity index (χ2v) is 11.0. The van der Waals surface area contributed by atoms with E-state index in [9.17, 15) is 9.59 Å². The normalized spacial score (nSPS) is 17.8. The molecular formula is C31H29N5O3S. The summed E-state index contributed by atoms with van der Waals surface area (Å²) in [6, 6.07) is 17.2. The van der Waals surface area contributed by atoms with Crippen molar-refractivity contribution in [3.63, 3.8) is 0 Å². The Morgan fingerprint density at radius 1 is 1.10 bits per heavy atom.